The molecular formula is C61H64Cl2N10O4. The number of halogens is 2. The summed E-state index contributed by atoms with van der Waals surface area (Å²) in [5.74, 6) is -2.72. The lowest BCUT2D eigenvalue weighted by molar-refractivity contribution is -0.141. The molecule has 8 bridgehead atoms. The maximum absolute atomic E-state index is 14.5. The fourth-order valence-corrected chi connectivity index (χ4v) is 11.8. The van der Waals surface area contributed by atoms with Crippen LogP contribution in [-0.4, -0.2) is 98.8 Å². The molecule has 0 saturated heterocycles. The van der Waals surface area contributed by atoms with Gasteiger partial charge < -0.3 is 30.7 Å². The molecule has 7 heterocycles. The van der Waals surface area contributed by atoms with E-state index in [2.05, 4.69) is 87.2 Å². The summed E-state index contributed by atoms with van der Waals surface area (Å²) < 4.78 is 5.33. The molecule has 77 heavy (non-hydrogen) atoms. The van der Waals surface area contributed by atoms with E-state index in [-0.39, 0.29) is 29.9 Å². The molecule has 7 aromatic rings. The molecule has 1 aliphatic carbocycles. The van der Waals surface area contributed by atoms with Gasteiger partial charge in [0.1, 0.15) is 5.92 Å². The van der Waals surface area contributed by atoms with Crippen LogP contribution >= 0.6 is 23.2 Å². The molecule has 1 amide bonds. The molecule has 14 nitrogen and oxygen atoms in total. The highest BCUT2D eigenvalue weighted by molar-refractivity contribution is 6.31. The van der Waals surface area contributed by atoms with Crippen LogP contribution in [0.2, 0.25) is 10.0 Å². The fraction of sp³-hybridized carbons (Fsp3) is 0.328. The van der Waals surface area contributed by atoms with Crippen molar-refractivity contribution in [3.8, 4) is 0 Å². The van der Waals surface area contributed by atoms with Gasteiger partial charge in [0, 0.05) is 135 Å². The number of ketones is 1. The van der Waals surface area contributed by atoms with Crippen molar-refractivity contribution in [2.24, 2.45) is 0 Å². The quantitative estimate of drug-likeness (QED) is 0.0295. The number of benzene rings is 2. The number of hydrogen-bond donors (Lipinski definition) is 5. The minimum Gasteiger partial charge on any atom is -0.468 e. The number of pyridine rings is 2. The van der Waals surface area contributed by atoms with E-state index in [0.29, 0.717) is 58.4 Å². The fourth-order valence-electron chi connectivity index (χ4n) is 11.5. The summed E-state index contributed by atoms with van der Waals surface area (Å²) in [6.45, 7) is 18.8. The van der Waals surface area contributed by atoms with Gasteiger partial charge in [-0.05, 0) is 142 Å². The predicted octanol–water partition coefficient (Wildman–Crippen LogP) is 12.9. The number of unbranched alkanes of at least 4 members (excludes halogenated alkanes) is 1. The highest BCUT2D eigenvalue weighted by atomic mass is 35.5. The number of nitrogens with one attached hydrogen (secondary N) is 5. The van der Waals surface area contributed by atoms with Crippen molar-refractivity contribution >= 4 is 113 Å². The lowest BCUT2D eigenvalue weighted by Gasteiger charge is -2.24. The Morgan fingerprint density at radius 1 is 0.792 bits per heavy atom. The molecule has 0 saturated carbocycles. The number of esters is 1. The largest absolute Gasteiger partial charge is 0.468 e. The zero-order valence-electron chi connectivity index (χ0n) is 44.4. The first-order valence-electron chi connectivity index (χ1n) is 26.5. The van der Waals surface area contributed by atoms with Crippen LogP contribution < -0.4 is 16.0 Å². The summed E-state index contributed by atoms with van der Waals surface area (Å²) in [6, 6.07) is 21.6. The topological polar surface area (TPSA) is 183 Å². The van der Waals surface area contributed by atoms with E-state index in [1.165, 1.54) is 7.11 Å². The first kappa shape index (κ1) is 53.0. The number of nitrogens with zero attached hydrogens (tertiary/aromatic N) is 5. The number of aryl methyl sites for hydroxylation is 2. The molecule has 3 aliphatic rings. The number of fused-ring (bicyclic) bond motifs is 10. The third kappa shape index (κ3) is 10.6. The zero-order chi connectivity index (χ0) is 54.1. The lowest BCUT2D eigenvalue weighted by Crippen LogP contribution is -2.34. The number of Topliss-reactive ketones (excluding diaryl/α,β-unsaturated/α-hetero) is 1. The molecule has 10 rings (SSSR count). The Balaban J connectivity index is 0.865. The van der Waals surface area contributed by atoms with Crippen LogP contribution in [0.4, 0.5) is 11.4 Å². The summed E-state index contributed by atoms with van der Waals surface area (Å²) in [7, 11) is 1.31. The molecular weight excluding hydrogens is 1010 g/mol. The van der Waals surface area contributed by atoms with Gasteiger partial charge in [-0.2, -0.15) is 0 Å². The van der Waals surface area contributed by atoms with Crippen LogP contribution in [0.15, 0.2) is 85.7 Å². The van der Waals surface area contributed by atoms with Crippen molar-refractivity contribution in [3.05, 3.63) is 146 Å². The molecule has 0 fully saturated rings. The number of aromatic amines is 2. The van der Waals surface area contributed by atoms with E-state index in [1.807, 2.05) is 67.6 Å². The average Bonchev–Trinajstić information content (AvgIpc) is 4.21. The van der Waals surface area contributed by atoms with Crippen molar-refractivity contribution < 1.29 is 19.1 Å². The molecule has 0 spiro atoms. The van der Waals surface area contributed by atoms with Crippen LogP contribution in [0, 0.1) is 13.8 Å². The Labute approximate surface area is 458 Å². The molecule has 2 aliphatic heterocycles. The van der Waals surface area contributed by atoms with Gasteiger partial charge in [-0.15, -0.1) is 0 Å². The van der Waals surface area contributed by atoms with Crippen LogP contribution in [0.25, 0.3) is 61.1 Å². The number of ether oxygens (including phenoxy) is 1. The third-order valence-electron chi connectivity index (χ3n) is 15.7. The standard InChI is InChI=1S/C61H64Cl2N10O4/c1-8-39-33(3)46-30-48-35(5)41(58(71-48)56-57(61(76)77-7)60(75)55-36(6)49(72-59(55)56)32-53-40(9-2)34(4)47(70-53)31-52(39)69-46)16-17-54(74)68-20-10-11-25-73(26-23-66-44-18-21-64-50-28-37(62)12-14-42(44)50)27-24-67-45-19-22-65-51-29-38(63)13-15-43(45)51/h8,12-15,18-19,21-22,28-32,35,41,57,69,72H,1,9-11,16-17,20,23-27H2,2-7H3,(H,64,66)(H,65,67)(H,68,74)/t35-,41-,57+/m0/s1. The Kier molecular flexibility index (Phi) is 15.6. The van der Waals surface area contributed by atoms with Crippen LogP contribution in [0.1, 0.15) is 126 Å². The number of carbonyl (C=O) groups is 3. The van der Waals surface area contributed by atoms with E-state index < -0.39 is 11.9 Å². The van der Waals surface area contributed by atoms with Crippen molar-refractivity contribution in [2.75, 3.05) is 57.0 Å². The second-order valence-corrected chi connectivity index (χ2v) is 21.1. The van der Waals surface area contributed by atoms with E-state index in [0.717, 1.165) is 134 Å². The maximum Gasteiger partial charge on any atom is 0.321 e. The van der Waals surface area contributed by atoms with Gasteiger partial charge in [0.25, 0.3) is 0 Å². The van der Waals surface area contributed by atoms with Gasteiger partial charge in [-0.1, -0.05) is 49.7 Å². The zero-order valence-corrected chi connectivity index (χ0v) is 45.9. The molecule has 5 aromatic heterocycles. The van der Waals surface area contributed by atoms with E-state index in [4.69, 9.17) is 37.9 Å². The normalized spacial score (nSPS) is 16.0. The lowest BCUT2D eigenvalue weighted by atomic mass is 9.84. The van der Waals surface area contributed by atoms with Gasteiger partial charge in [-0.25, -0.2) is 4.98 Å². The van der Waals surface area contributed by atoms with E-state index in [1.54, 1.807) is 12.4 Å². The monoisotopic (exact) mass is 1070 g/mol. The Bertz CT molecular complexity index is 3620. The van der Waals surface area contributed by atoms with Gasteiger partial charge >= 0.3 is 5.97 Å². The van der Waals surface area contributed by atoms with Gasteiger partial charge in [0.2, 0.25) is 5.91 Å². The third-order valence-corrected chi connectivity index (χ3v) is 16.2. The van der Waals surface area contributed by atoms with Gasteiger partial charge in [0.05, 0.1) is 40.7 Å². The number of rotatable bonds is 19. The number of carbonyl (C=O) groups excluding carboxylic acids is 3. The van der Waals surface area contributed by atoms with Crippen LogP contribution in [-0.2, 0) is 14.3 Å². The summed E-state index contributed by atoms with van der Waals surface area (Å²) in [6.07, 6.45) is 8.52. The first-order valence-corrected chi connectivity index (χ1v) is 27.3. The summed E-state index contributed by atoms with van der Waals surface area (Å²) in [5, 5.41) is 13.8. The van der Waals surface area contributed by atoms with Crippen molar-refractivity contribution in [2.45, 2.75) is 84.5 Å². The summed E-state index contributed by atoms with van der Waals surface area (Å²) >= 11 is 12.6. The highest BCUT2D eigenvalue weighted by Gasteiger charge is 2.45. The second kappa shape index (κ2) is 22.7. The molecule has 3 atom stereocenters. The van der Waals surface area contributed by atoms with Crippen molar-refractivity contribution in [1.29, 1.82) is 0 Å². The van der Waals surface area contributed by atoms with Gasteiger partial charge in [0.15, 0.2) is 5.78 Å². The number of anilines is 2. The molecule has 0 unspecified atom stereocenters. The molecule has 16 heteroatoms. The average molecular weight is 1070 g/mol. The smallest absolute Gasteiger partial charge is 0.321 e. The second-order valence-electron chi connectivity index (χ2n) is 20.3. The highest BCUT2D eigenvalue weighted by Crippen LogP contribution is 2.48. The molecule has 0 radical (unpaired) electrons. The SMILES string of the molecule is C=Cc1c(C)c2cc3nc(c4c5[nH]c(cc6nc(cc1[nH]2)C(C)=C6CC)c(C)c5C(=O)[C@@H]4C(=O)OC)[C@@H](CCC(=O)NCCCCN(CCNc1ccnc2cc(Cl)ccc12)CCNc1ccnc2cc(Cl)ccc12)[C@@H]3C. The number of hydrogen-bond acceptors (Lipinski definition) is 11. The minimum atomic E-state index is -1.20. The minimum absolute atomic E-state index is 0.0703. The van der Waals surface area contributed by atoms with E-state index >= 15 is 0 Å². The molecule has 2 aromatic carbocycles. The number of H-pyrrole nitrogens is 2. The predicted molar refractivity (Wildman–Crippen MR) is 312 cm³/mol. The van der Waals surface area contributed by atoms with Crippen LogP contribution in [0.3, 0.4) is 0 Å². The van der Waals surface area contributed by atoms with Crippen molar-refractivity contribution in [3.63, 3.8) is 0 Å². The number of amides is 1. The maximum atomic E-state index is 14.5. The number of aromatic nitrogens is 6. The summed E-state index contributed by atoms with van der Waals surface area (Å²) in [5.41, 5.74) is 15.7. The molecule has 5 N–H and O–H groups in total. The van der Waals surface area contributed by atoms with E-state index in [9.17, 15) is 14.4 Å². The van der Waals surface area contributed by atoms with Crippen molar-refractivity contribution in [1.82, 2.24) is 40.1 Å². The Morgan fingerprint density at radius 3 is 2.08 bits per heavy atom. The Morgan fingerprint density at radius 2 is 1.44 bits per heavy atom. The van der Waals surface area contributed by atoms with Gasteiger partial charge in [-0.3, -0.25) is 34.2 Å². The number of allylic oxidation sites excluding steroid dienone is 2. The number of methoxy groups -OCH3 is 1. The first-order chi connectivity index (χ1) is 37.3. The summed E-state index contributed by atoms with van der Waals surface area (Å²) in [4.78, 5) is 71.3. The van der Waals surface area contributed by atoms with Crippen LogP contribution in [0.5, 0.6) is 0 Å². The molecule has 396 valence electrons. The Hall–Kier alpha value is -7.39.